The summed E-state index contributed by atoms with van der Waals surface area (Å²) in [4.78, 5) is 55.7. The van der Waals surface area contributed by atoms with Gasteiger partial charge in [0.1, 0.15) is 11.9 Å². The Balaban J connectivity index is 1.27. The van der Waals surface area contributed by atoms with E-state index in [1.807, 2.05) is 20.8 Å². The third kappa shape index (κ3) is 7.25. The molecule has 4 heterocycles. The van der Waals surface area contributed by atoms with Crippen LogP contribution in [0.15, 0.2) is 6.07 Å². The summed E-state index contributed by atoms with van der Waals surface area (Å²) in [5.41, 5.74) is 0.571. The van der Waals surface area contributed by atoms with E-state index < -0.39 is 12.1 Å². The minimum absolute atomic E-state index is 0.113. The molecule has 212 valence electrons. The second kappa shape index (κ2) is 12.0. The highest BCUT2D eigenvalue weighted by molar-refractivity contribution is 7.15. The van der Waals surface area contributed by atoms with Crippen molar-refractivity contribution in [1.82, 2.24) is 30.5 Å². The van der Waals surface area contributed by atoms with E-state index in [1.165, 1.54) is 25.6 Å². The van der Waals surface area contributed by atoms with E-state index in [0.29, 0.717) is 49.3 Å². The summed E-state index contributed by atoms with van der Waals surface area (Å²) in [6, 6.07) is 1.09. The zero-order chi connectivity index (χ0) is 28.2. The van der Waals surface area contributed by atoms with Crippen LogP contribution in [0, 0.1) is 0 Å². The first-order valence-corrected chi connectivity index (χ1v) is 13.7. The quantitative estimate of drug-likeness (QED) is 0.440. The number of fused-ring (bicyclic) bond motifs is 1. The number of carbonyl (C=O) groups is 3. The van der Waals surface area contributed by atoms with Gasteiger partial charge in [-0.25, -0.2) is 9.78 Å². The fraction of sp³-hybridized carbons (Fsp3) is 0.600. The highest BCUT2D eigenvalue weighted by Crippen LogP contribution is 2.31. The van der Waals surface area contributed by atoms with Crippen molar-refractivity contribution < 1.29 is 23.9 Å². The van der Waals surface area contributed by atoms with Gasteiger partial charge in [0.2, 0.25) is 17.7 Å². The predicted octanol–water partition coefficient (Wildman–Crippen LogP) is 1.93. The van der Waals surface area contributed by atoms with Crippen molar-refractivity contribution in [3.05, 3.63) is 16.6 Å². The van der Waals surface area contributed by atoms with Crippen LogP contribution in [0.25, 0.3) is 0 Å². The highest BCUT2D eigenvalue weighted by atomic mass is 32.1. The first-order valence-electron chi connectivity index (χ1n) is 12.9. The fourth-order valence-electron chi connectivity index (χ4n) is 4.55. The molecule has 0 unspecified atom stereocenters. The summed E-state index contributed by atoms with van der Waals surface area (Å²) >= 11 is 1.40. The Kier molecular flexibility index (Phi) is 8.73. The maximum Gasteiger partial charge on any atom is 0.321 e. The van der Waals surface area contributed by atoms with Crippen LogP contribution in [-0.4, -0.2) is 83.1 Å². The molecule has 2 aliphatic heterocycles. The molecule has 39 heavy (non-hydrogen) atoms. The second-order valence-corrected chi connectivity index (χ2v) is 11.5. The summed E-state index contributed by atoms with van der Waals surface area (Å²) in [6.07, 6.45) is 2.23. The lowest BCUT2D eigenvalue weighted by Crippen LogP contribution is -2.51. The van der Waals surface area contributed by atoms with Gasteiger partial charge in [-0.1, -0.05) is 11.3 Å². The maximum atomic E-state index is 12.8. The van der Waals surface area contributed by atoms with Crippen LogP contribution >= 0.6 is 11.3 Å². The van der Waals surface area contributed by atoms with Gasteiger partial charge in [-0.2, -0.15) is 9.97 Å². The molecule has 14 heteroatoms. The largest absolute Gasteiger partial charge is 0.481 e. The lowest BCUT2D eigenvalue weighted by atomic mass is 10.1. The van der Waals surface area contributed by atoms with Crippen LogP contribution in [0.1, 0.15) is 50.6 Å². The Bertz CT molecular complexity index is 1190. The lowest BCUT2D eigenvalue weighted by Gasteiger charge is -2.28. The van der Waals surface area contributed by atoms with Crippen molar-refractivity contribution >= 4 is 40.1 Å². The Morgan fingerprint density at radius 2 is 1.92 bits per heavy atom. The molecule has 0 spiro atoms. The number of rotatable bonds is 8. The molecule has 2 aromatic heterocycles. The predicted molar refractivity (Wildman–Crippen MR) is 146 cm³/mol. The molecule has 4 rings (SSSR count). The number of thiazole rings is 1. The summed E-state index contributed by atoms with van der Waals surface area (Å²) in [6.45, 7) is 7.71. The molecular weight excluding hydrogens is 524 g/mol. The first-order chi connectivity index (χ1) is 18.6. The fourth-order valence-corrected chi connectivity index (χ4v) is 5.57. The minimum Gasteiger partial charge on any atom is -0.481 e. The van der Waals surface area contributed by atoms with E-state index in [-0.39, 0.29) is 36.3 Å². The van der Waals surface area contributed by atoms with Gasteiger partial charge >= 0.3 is 12.0 Å². The van der Waals surface area contributed by atoms with E-state index in [2.05, 4.69) is 35.8 Å². The van der Waals surface area contributed by atoms with E-state index in [0.717, 1.165) is 17.0 Å². The zero-order valence-electron chi connectivity index (χ0n) is 23.0. The molecule has 1 saturated heterocycles. The molecule has 2 aliphatic rings. The first kappa shape index (κ1) is 28.3. The van der Waals surface area contributed by atoms with Crippen LogP contribution in [0.3, 0.4) is 0 Å². The highest BCUT2D eigenvalue weighted by Gasteiger charge is 2.35. The molecule has 1 fully saturated rings. The molecule has 2 aromatic rings. The topological polar surface area (TPSA) is 151 Å². The molecule has 0 aromatic carbocycles. The lowest BCUT2D eigenvalue weighted by molar-refractivity contribution is -0.139. The maximum absolute atomic E-state index is 12.8. The third-order valence-corrected chi connectivity index (χ3v) is 7.33. The standard InChI is InChI=1S/C25H36N8O5S/c1-25(2,3)31-21(35)16-7-6-11-33(16)20(34)8-10-26-22(36)30-24-27-15-9-12-32(14-17(15)39-24)18-13-19(37-4)29-23(28-18)38-5/h13,16H,6-12,14H2,1-5H3,(H,31,35)(H2,26,27,30,36)/t16-/m0/s1. The van der Waals surface area contributed by atoms with Gasteiger partial charge in [0.15, 0.2) is 5.13 Å². The Labute approximate surface area is 231 Å². The molecular formula is C25H36N8O5S. The van der Waals surface area contributed by atoms with Crippen molar-refractivity contribution in [3.8, 4) is 11.9 Å². The average molecular weight is 561 g/mol. The molecule has 0 bridgehead atoms. The van der Waals surface area contributed by atoms with Crippen LogP contribution in [-0.2, 0) is 22.6 Å². The van der Waals surface area contributed by atoms with Crippen molar-refractivity contribution in [2.45, 2.75) is 64.6 Å². The second-order valence-electron chi connectivity index (χ2n) is 10.4. The van der Waals surface area contributed by atoms with Crippen molar-refractivity contribution in [2.24, 2.45) is 0 Å². The summed E-state index contributed by atoms with van der Waals surface area (Å²) in [5.74, 6) is 0.816. The number of aromatic nitrogens is 3. The number of amides is 4. The SMILES string of the molecule is COc1cc(N2CCc3nc(NC(=O)NCCC(=O)N4CCC[C@H]4C(=O)NC(C)(C)C)sc3C2)nc(OC)n1. The van der Waals surface area contributed by atoms with Gasteiger partial charge in [-0.05, 0) is 33.6 Å². The molecule has 13 nitrogen and oxygen atoms in total. The Morgan fingerprint density at radius 3 is 2.64 bits per heavy atom. The molecule has 4 amide bonds. The van der Waals surface area contributed by atoms with Gasteiger partial charge in [-0.3, -0.25) is 14.9 Å². The number of ether oxygens (including phenoxy) is 2. The molecule has 0 aliphatic carbocycles. The van der Waals surface area contributed by atoms with E-state index in [9.17, 15) is 14.4 Å². The van der Waals surface area contributed by atoms with Gasteiger partial charge in [-0.15, -0.1) is 0 Å². The number of hydrogen-bond donors (Lipinski definition) is 3. The summed E-state index contributed by atoms with van der Waals surface area (Å²) in [7, 11) is 3.04. The zero-order valence-corrected chi connectivity index (χ0v) is 23.8. The van der Waals surface area contributed by atoms with Crippen LogP contribution < -0.4 is 30.3 Å². The van der Waals surface area contributed by atoms with E-state index in [1.54, 1.807) is 11.0 Å². The van der Waals surface area contributed by atoms with Crippen LogP contribution in [0.2, 0.25) is 0 Å². The number of carbonyl (C=O) groups excluding carboxylic acids is 3. The van der Waals surface area contributed by atoms with Crippen molar-refractivity contribution in [1.29, 1.82) is 0 Å². The Morgan fingerprint density at radius 1 is 1.13 bits per heavy atom. The number of nitrogens with one attached hydrogen (secondary N) is 3. The number of anilines is 2. The van der Waals surface area contributed by atoms with Crippen molar-refractivity contribution in [3.63, 3.8) is 0 Å². The average Bonchev–Trinajstić information content (AvgIpc) is 3.54. The van der Waals surface area contributed by atoms with Gasteiger partial charge in [0.25, 0.3) is 0 Å². The number of methoxy groups -OCH3 is 2. The van der Waals surface area contributed by atoms with Gasteiger partial charge in [0.05, 0.1) is 26.5 Å². The summed E-state index contributed by atoms with van der Waals surface area (Å²) in [5, 5.41) is 8.93. The normalized spacial score (nSPS) is 16.9. The number of nitrogens with zero attached hydrogens (tertiary/aromatic N) is 5. The number of urea groups is 1. The van der Waals surface area contributed by atoms with E-state index in [4.69, 9.17) is 9.47 Å². The third-order valence-electron chi connectivity index (χ3n) is 6.33. The Hall–Kier alpha value is -3.68. The van der Waals surface area contributed by atoms with Gasteiger partial charge in [0, 0.05) is 49.0 Å². The molecule has 0 radical (unpaired) electrons. The van der Waals surface area contributed by atoms with Crippen LogP contribution in [0.5, 0.6) is 11.9 Å². The van der Waals surface area contributed by atoms with Crippen LogP contribution in [0.4, 0.5) is 15.7 Å². The van der Waals surface area contributed by atoms with Gasteiger partial charge < -0.3 is 29.9 Å². The monoisotopic (exact) mass is 560 g/mol. The smallest absolute Gasteiger partial charge is 0.321 e. The van der Waals surface area contributed by atoms with Crippen molar-refractivity contribution in [2.75, 3.05) is 44.1 Å². The molecule has 3 N–H and O–H groups in total. The van der Waals surface area contributed by atoms with E-state index >= 15 is 0 Å². The molecule has 1 atom stereocenters. The molecule has 0 saturated carbocycles. The number of likely N-dealkylation sites (tertiary alicyclic amines) is 1. The minimum atomic E-state index is -0.462. The summed E-state index contributed by atoms with van der Waals surface area (Å²) < 4.78 is 10.4. The number of hydrogen-bond acceptors (Lipinski definition) is 10.